The van der Waals surface area contributed by atoms with Gasteiger partial charge in [0.25, 0.3) is 0 Å². The summed E-state index contributed by atoms with van der Waals surface area (Å²) in [6.45, 7) is 0. The molecule has 0 saturated carbocycles. The lowest BCUT2D eigenvalue weighted by molar-refractivity contribution is -0.113. The van der Waals surface area contributed by atoms with Gasteiger partial charge in [0.15, 0.2) is 0 Å². The molecule has 1 N–H and O–H groups in total. The number of hydrogen-bond acceptors (Lipinski definition) is 5. The summed E-state index contributed by atoms with van der Waals surface area (Å²) in [4.78, 5) is 28.9. The second kappa shape index (κ2) is 9.49. The predicted octanol–water partition coefficient (Wildman–Crippen LogP) is 5.31. The number of rotatable bonds is 6. The van der Waals surface area contributed by atoms with Crippen molar-refractivity contribution in [2.75, 3.05) is 18.3 Å². The van der Waals surface area contributed by atoms with E-state index in [1.807, 2.05) is 30.3 Å². The zero-order valence-corrected chi connectivity index (χ0v) is 17.9. The molecule has 0 atom stereocenters. The van der Waals surface area contributed by atoms with Gasteiger partial charge in [0.2, 0.25) is 11.8 Å². The number of methoxy groups -OCH3 is 1. The van der Waals surface area contributed by atoms with E-state index in [4.69, 9.17) is 21.1 Å². The Labute approximate surface area is 189 Å². The van der Waals surface area contributed by atoms with Crippen molar-refractivity contribution < 1.29 is 19.1 Å². The van der Waals surface area contributed by atoms with E-state index < -0.39 is 5.97 Å². The molecule has 0 aliphatic heterocycles. The first-order valence-corrected chi connectivity index (χ1v) is 10.3. The zero-order chi connectivity index (χ0) is 22.5. The van der Waals surface area contributed by atoms with Crippen molar-refractivity contribution in [3.05, 3.63) is 84.6 Å². The lowest BCUT2D eigenvalue weighted by atomic mass is 9.99. The molecule has 0 saturated heterocycles. The van der Waals surface area contributed by atoms with Crippen LogP contribution in [-0.4, -0.2) is 29.9 Å². The quantitative estimate of drug-likeness (QED) is 0.247. The molecule has 1 aromatic heterocycles. The van der Waals surface area contributed by atoms with Crippen molar-refractivity contribution in [2.24, 2.45) is 0 Å². The molecule has 7 heteroatoms. The molecule has 32 heavy (non-hydrogen) atoms. The van der Waals surface area contributed by atoms with Crippen molar-refractivity contribution in [1.29, 1.82) is 0 Å². The monoisotopic (exact) mass is 446 g/mol. The van der Waals surface area contributed by atoms with Gasteiger partial charge in [-0.05, 0) is 42.0 Å². The van der Waals surface area contributed by atoms with Gasteiger partial charge in [0, 0.05) is 28.2 Å². The van der Waals surface area contributed by atoms with Crippen LogP contribution in [0.25, 0.3) is 21.9 Å². The highest BCUT2D eigenvalue weighted by molar-refractivity contribution is 6.29. The number of amides is 1. The predicted molar refractivity (Wildman–Crippen MR) is 124 cm³/mol. The van der Waals surface area contributed by atoms with E-state index in [1.165, 1.54) is 7.11 Å². The molecule has 0 spiro atoms. The van der Waals surface area contributed by atoms with E-state index in [0.29, 0.717) is 33.7 Å². The summed E-state index contributed by atoms with van der Waals surface area (Å²) in [6.07, 6.45) is 1.66. The molecule has 0 bridgehead atoms. The Bertz CT molecular complexity index is 1290. The minimum atomic E-state index is -0.469. The fourth-order valence-electron chi connectivity index (χ4n) is 3.40. The minimum Gasteiger partial charge on any atom is -0.481 e. The van der Waals surface area contributed by atoms with Crippen molar-refractivity contribution in [2.45, 2.75) is 0 Å². The number of pyridine rings is 1. The topological polar surface area (TPSA) is 77.5 Å². The number of fused-ring (bicyclic) bond motifs is 1. The highest BCUT2D eigenvalue weighted by Crippen LogP contribution is 2.39. The van der Waals surface area contributed by atoms with Gasteiger partial charge in [0.1, 0.15) is 11.6 Å². The summed E-state index contributed by atoms with van der Waals surface area (Å²) in [5, 5.41) is 4.10. The van der Waals surface area contributed by atoms with Crippen LogP contribution >= 0.6 is 11.6 Å². The molecule has 4 aromatic rings. The second-order valence-corrected chi connectivity index (χ2v) is 7.15. The molecule has 0 unspecified atom stereocenters. The van der Waals surface area contributed by atoms with Crippen LogP contribution in [0.3, 0.4) is 0 Å². The maximum Gasteiger partial charge on any atom is 0.343 e. The van der Waals surface area contributed by atoms with Gasteiger partial charge in [-0.2, -0.15) is 0 Å². The number of halogens is 1. The van der Waals surface area contributed by atoms with Crippen molar-refractivity contribution in [3.63, 3.8) is 0 Å². The van der Waals surface area contributed by atoms with E-state index in [1.54, 1.807) is 48.7 Å². The summed E-state index contributed by atoms with van der Waals surface area (Å²) in [7, 11) is 1.53. The van der Waals surface area contributed by atoms with Crippen LogP contribution in [0.15, 0.2) is 79.0 Å². The first-order valence-electron chi connectivity index (χ1n) is 9.80. The summed E-state index contributed by atoms with van der Waals surface area (Å²) < 4.78 is 11.2. The van der Waals surface area contributed by atoms with Crippen LogP contribution in [0.5, 0.6) is 11.6 Å². The number of hydrogen-bond donors (Lipinski definition) is 1. The molecule has 0 fully saturated rings. The van der Waals surface area contributed by atoms with Crippen LogP contribution in [0.1, 0.15) is 10.4 Å². The Balaban J connectivity index is 1.84. The van der Waals surface area contributed by atoms with Gasteiger partial charge in [0.05, 0.1) is 12.7 Å². The molecular weight excluding hydrogens is 428 g/mol. The highest BCUT2D eigenvalue weighted by atomic mass is 35.5. The van der Waals surface area contributed by atoms with Crippen molar-refractivity contribution >= 4 is 39.9 Å². The lowest BCUT2D eigenvalue weighted by Gasteiger charge is -2.14. The molecule has 0 radical (unpaired) electrons. The number of nitrogens with zero attached hydrogens (tertiary/aromatic N) is 1. The molecule has 3 aromatic carbocycles. The highest BCUT2D eigenvalue weighted by Gasteiger charge is 2.17. The summed E-state index contributed by atoms with van der Waals surface area (Å²) in [5.74, 6) is -0.131. The fourth-order valence-corrected chi connectivity index (χ4v) is 3.47. The normalized spacial score (nSPS) is 10.6. The average molecular weight is 447 g/mol. The Morgan fingerprint density at radius 1 is 1.00 bits per heavy atom. The van der Waals surface area contributed by atoms with Crippen molar-refractivity contribution in [1.82, 2.24) is 4.98 Å². The van der Waals surface area contributed by atoms with Gasteiger partial charge < -0.3 is 14.8 Å². The number of ether oxygens (including phenoxy) is 2. The van der Waals surface area contributed by atoms with Crippen LogP contribution in [0, 0.1) is 0 Å². The molecular formula is C25H19ClN2O4. The lowest BCUT2D eigenvalue weighted by Crippen LogP contribution is -2.12. The van der Waals surface area contributed by atoms with Gasteiger partial charge in [-0.15, -0.1) is 11.6 Å². The first kappa shape index (κ1) is 21.3. The zero-order valence-electron chi connectivity index (χ0n) is 17.2. The fraction of sp³-hybridized carbons (Fsp3) is 0.0800. The number of nitrogens with one attached hydrogen (secondary N) is 1. The van der Waals surface area contributed by atoms with Crippen LogP contribution in [0.2, 0.25) is 0 Å². The van der Waals surface area contributed by atoms with Gasteiger partial charge in [-0.1, -0.05) is 36.4 Å². The van der Waals surface area contributed by atoms with E-state index in [9.17, 15) is 9.59 Å². The van der Waals surface area contributed by atoms with Gasteiger partial charge in [-0.3, -0.25) is 4.79 Å². The van der Waals surface area contributed by atoms with Gasteiger partial charge >= 0.3 is 5.97 Å². The smallest absolute Gasteiger partial charge is 0.343 e. The molecule has 0 aliphatic carbocycles. The van der Waals surface area contributed by atoms with Crippen LogP contribution < -0.4 is 14.8 Å². The Hall–Kier alpha value is -3.90. The van der Waals surface area contributed by atoms with Crippen LogP contribution in [-0.2, 0) is 4.79 Å². The van der Waals surface area contributed by atoms with E-state index in [2.05, 4.69) is 10.3 Å². The number of benzene rings is 3. The largest absolute Gasteiger partial charge is 0.481 e. The molecule has 6 nitrogen and oxygen atoms in total. The van der Waals surface area contributed by atoms with E-state index in [0.717, 1.165) is 11.1 Å². The second-order valence-electron chi connectivity index (χ2n) is 6.88. The number of alkyl halides is 1. The maximum absolute atomic E-state index is 12.7. The first-order chi connectivity index (χ1) is 15.6. The summed E-state index contributed by atoms with van der Waals surface area (Å²) in [6, 6.07) is 21.4. The Kier molecular flexibility index (Phi) is 6.33. The molecule has 1 amide bonds. The summed E-state index contributed by atoms with van der Waals surface area (Å²) >= 11 is 5.61. The standard InChI is InChI=1S/C25H19ClN2O4/c1-31-24-19-11-6-12-21(32-25(30)16-7-3-2-4-8-16)23(19)20(15-27-24)17-9-5-10-18(13-17)28-22(29)14-26/h2-13,15H,14H2,1H3,(H,28,29). The SMILES string of the molecule is COc1ncc(-c2cccc(NC(=O)CCl)c2)c2c(OC(=O)c3ccccc3)cccc12. The third kappa shape index (κ3) is 4.40. The molecule has 4 rings (SSSR count). The molecule has 0 aliphatic rings. The number of esters is 1. The van der Waals surface area contributed by atoms with Crippen molar-refractivity contribution in [3.8, 4) is 22.8 Å². The third-order valence-corrected chi connectivity index (χ3v) is 5.06. The number of carbonyl (C=O) groups is 2. The Morgan fingerprint density at radius 3 is 2.53 bits per heavy atom. The third-order valence-electron chi connectivity index (χ3n) is 4.82. The number of aromatic nitrogens is 1. The minimum absolute atomic E-state index is 0.142. The maximum atomic E-state index is 12.7. The van der Waals surface area contributed by atoms with Crippen LogP contribution in [0.4, 0.5) is 5.69 Å². The molecule has 160 valence electrons. The number of anilines is 1. The number of carbonyl (C=O) groups excluding carboxylic acids is 2. The van der Waals surface area contributed by atoms with E-state index >= 15 is 0 Å². The Morgan fingerprint density at radius 2 is 1.78 bits per heavy atom. The average Bonchev–Trinajstić information content (AvgIpc) is 2.84. The van der Waals surface area contributed by atoms with Gasteiger partial charge in [-0.25, -0.2) is 9.78 Å². The molecule has 1 heterocycles. The summed E-state index contributed by atoms with van der Waals surface area (Å²) in [5.41, 5.74) is 2.54. The van der Waals surface area contributed by atoms with E-state index in [-0.39, 0.29) is 11.8 Å².